The average Bonchev–Trinajstić information content (AvgIpc) is 3.31. The van der Waals surface area contributed by atoms with E-state index in [0.717, 1.165) is 39.6 Å². The maximum Gasteiger partial charge on any atom is 0.315 e. The van der Waals surface area contributed by atoms with Gasteiger partial charge >= 0.3 is 6.03 Å². The van der Waals surface area contributed by atoms with Crippen molar-refractivity contribution in [1.29, 1.82) is 0 Å². The van der Waals surface area contributed by atoms with Gasteiger partial charge in [-0.1, -0.05) is 60.3 Å². The lowest BCUT2D eigenvalue weighted by molar-refractivity contribution is -0.245. The van der Waals surface area contributed by atoms with Gasteiger partial charge in [-0.15, -0.1) is 0 Å². The number of benzene rings is 2. The lowest BCUT2D eigenvalue weighted by Crippen LogP contribution is -2.34. The molecule has 186 valence electrons. The Hall–Kier alpha value is -2.85. The van der Waals surface area contributed by atoms with E-state index in [-0.39, 0.29) is 24.8 Å². The van der Waals surface area contributed by atoms with Crippen LogP contribution in [0.25, 0.3) is 0 Å². The Kier molecular flexibility index (Phi) is 8.81. The monoisotopic (exact) mass is 496 g/mol. The molecule has 0 spiro atoms. The van der Waals surface area contributed by atoms with Gasteiger partial charge in [0.1, 0.15) is 0 Å². The van der Waals surface area contributed by atoms with Crippen LogP contribution >= 0.6 is 11.8 Å². The van der Waals surface area contributed by atoms with Gasteiger partial charge in [-0.05, 0) is 23.6 Å². The number of amides is 2. The first kappa shape index (κ1) is 25.2. The summed E-state index contributed by atoms with van der Waals surface area (Å²) in [6, 6.07) is 15.6. The normalized spacial score (nSPS) is 19.9. The zero-order valence-electron chi connectivity index (χ0n) is 20.0. The van der Waals surface area contributed by atoms with E-state index in [1.54, 1.807) is 18.0 Å². The summed E-state index contributed by atoms with van der Waals surface area (Å²) in [7, 11) is 1.98. The minimum atomic E-state index is -0.511. The first-order valence-electron chi connectivity index (χ1n) is 11.8. The van der Waals surface area contributed by atoms with Crippen molar-refractivity contribution in [2.45, 2.75) is 50.2 Å². The molecule has 35 heavy (non-hydrogen) atoms. The van der Waals surface area contributed by atoms with E-state index in [2.05, 4.69) is 15.6 Å². The van der Waals surface area contributed by atoms with Crippen LogP contribution in [0.5, 0.6) is 0 Å². The number of carbonyl (C=O) groups is 1. The zero-order valence-corrected chi connectivity index (χ0v) is 20.8. The van der Waals surface area contributed by atoms with E-state index in [1.165, 1.54) is 0 Å². The summed E-state index contributed by atoms with van der Waals surface area (Å²) in [4.78, 5) is 16.1. The van der Waals surface area contributed by atoms with Crippen LogP contribution in [0, 0.1) is 0 Å². The average molecular weight is 497 g/mol. The second-order valence-electron chi connectivity index (χ2n) is 8.44. The molecule has 1 fully saturated rings. The number of ether oxygens (including phenoxy) is 2. The number of aryl methyl sites for hydroxylation is 1. The van der Waals surface area contributed by atoms with Crippen molar-refractivity contribution >= 4 is 17.8 Å². The third kappa shape index (κ3) is 6.85. The highest BCUT2D eigenvalue weighted by molar-refractivity contribution is 7.99. The molecule has 0 bridgehead atoms. The molecule has 0 saturated carbocycles. The van der Waals surface area contributed by atoms with Crippen molar-refractivity contribution in [1.82, 2.24) is 20.2 Å². The number of rotatable bonds is 9. The number of urea groups is 1. The number of nitrogens with zero attached hydrogens (tertiary/aromatic N) is 2. The molecule has 2 heterocycles. The van der Waals surface area contributed by atoms with Gasteiger partial charge in [0.2, 0.25) is 0 Å². The summed E-state index contributed by atoms with van der Waals surface area (Å²) in [5.41, 5.74) is 3.85. The molecule has 9 heteroatoms. The Morgan fingerprint density at radius 1 is 1.09 bits per heavy atom. The molecule has 4 rings (SSSR count). The second kappa shape index (κ2) is 12.2. The second-order valence-corrected chi connectivity index (χ2v) is 9.42. The fourth-order valence-corrected chi connectivity index (χ4v) is 4.83. The molecule has 1 aromatic heterocycles. The van der Waals surface area contributed by atoms with Crippen molar-refractivity contribution in [2.24, 2.45) is 7.05 Å². The Bertz CT molecular complexity index is 1090. The number of nitrogens with one attached hydrogen (secondary N) is 2. The highest BCUT2D eigenvalue weighted by Crippen LogP contribution is 2.39. The van der Waals surface area contributed by atoms with E-state index in [9.17, 15) is 9.90 Å². The topological polar surface area (TPSA) is 97.6 Å². The molecule has 0 aliphatic carbocycles. The Labute approximate surface area is 210 Å². The number of aromatic nitrogens is 2. The molecule has 3 unspecified atom stereocenters. The third-order valence-corrected chi connectivity index (χ3v) is 7.02. The fraction of sp³-hybridized carbons (Fsp3) is 0.385. The summed E-state index contributed by atoms with van der Waals surface area (Å²) < 4.78 is 14.8. The van der Waals surface area contributed by atoms with Crippen LogP contribution in [0.1, 0.15) is 48.0 Å². The molecular weight excluding hydrogens is 464 g/mol. The predicted molar refractivity (Wildman–Crippen MR) is 135 cm³/mol. The Morgan fingerprint density at radius 2 is 1.80 bits per heavy atom. The van der Waals surface area contributed by atoms with Gasteiger partial charge in [-0.25, -0.2) is 9.78 Å². The molecule has 2 aromatic carbocycles. The summed E-state index contributed by atoms with van der Waals surface area (Å²) >= 11 is 1.67. The highest BCUT2D eigenvalue weighted by Gasteiger charge is 2.32. The van der Waals surface area contributed by atoms with Crippen LogP contribution < -0.4 is 10.6 Å². The van der Waals surface area contributed by atoms with E-state index >= 15 is 0 Å². The lowest BCUT2D eigenvalue weighted by atomic mass is 10.0. The van der Waals surface area contributed by atoms with Gasteiger partial charge in [0, 0.05) is 50.3 Å². The van der Waals surface area contributed by atoms with Gasteiger partial charge in [-0.2, -0.15) is 0 Å². The van der Waals surface area contributed by atoms with Crippen LogP contribution in [0.3, 0.4) is 0 Å². The van der Waals surface area contributed by atoms with E-state index in [1.807, 2.05) is 73.3 Å². The minimum Gasteiger partial charge on any atom is -0.392 e. The SMILES string of the molecule is CCNC(=O)NCc1ccc(C2OC(CSc3nccn3C)CC(c3ccc(CO)cc3)O2)cc1. The molecule has 3 N–H and O–H groups in total. The number of aliphatic hydroxyl groups is 1. The largest absolute Gasteiger partial charge is 0.392 e. The lowest BCUT2D eigenvalue weighted by Gasteiger charge is -2.36. The van der Waals surface area contributed by atoms with E-state index in [4.69, 9.17) is 9.47 Å². The molecule has 2 amide bonds. The van der Waals surface area contributed by atoms with Crippen LogP contribution in [-0.2, 0) is 29.7 Å². The molecule has 0 radical (unpaired) electrons. The standard InChI is InChI=1S/C26H32N4O4S/c1-3-27-25(32)29-15-18-4-10-21(11-5-18)24-33-22(17-35-26-28-12-13-30(26)2)14-23(34-24)20-8-6-19(16-31)7-9-20/h4-13,22-24,31H,3,14-17H2,1-2H3,(H2,27,29,32). The predicted octanol–water partition coefficient (Wildman–Crippen LogP) is 4.07. The van der Waals surface area contributed by atoms with E-state index in [0.29, 0.717) is 13.1 Å². The van der Waals surface area contributed by atoms with Crippen LogP contribution in [0.2, 0.25) is 0 Å². The van der Waals surface area contributed by atoms with Crippen molar-refractivity contribution in [3.8, 4) is 0 Å². The van der Waals surface area contributed by atoms with Gasteiger partial charge in [0.15, 0.2) is 11.4 Å². The molecule has 3 atom stereocenters. The number of hydrogen-bond acceptors (Lipinski definition) is 6. The number of hydrogen-bond donors (Lipinski definition) is 3. The van der Waals surface area contributed by atoms with Gasteiger partial charge in [0.05, 0.1) is 18.8 Å². The van der Waals surface area contributed by atoms with Gasteiger partial charge in [-0.3, -0.25) is 0 Å². The van der Waals surface area contributed by atoms with Crippen LogP contribution in [-0.4, -0.2) is 39.1 Å². The van der Waals surface area contributed by atoms with Gasteiger partial charge in [0.25, 0.3) is 0 Å². The number of imidazole rings is 1. The molecule has 1 aliphatic heterocycles. The van der Waals surface area contributed by atoms with Crippen LogP contribution in [0.15, 0.2) is 66.1 Å². The molecular formula is C26H32N4O4S. The number of aliphatic hydroxyl groups excluding tert-OH is 1. The smallest absolute Gasteiger partial charge is 0.315 e. The van der Waals surface area contributed by atoms with Crippen molar-refractivity contribution in [3.05, 3.63) is 83.2 Å². The van der Waals surface area contributed by atoms with Crippen LogP contribution in [0.4, 0.5) is 4.79 Å². The Morgan fingerprint density at radius 3 is 2.46 bits per heavy atom. The summed E-state index contributed by atoms with van der Waals surface area (Å²) in [5, 5.41) is 15.9. The molecule has 1 aliphatic rings. The first-order valence-corrected chi connectivity index (χ1v) is 12.8. The zero-order chi connectivity index (χ0) is 24.6. The van der Waals surface area contributed by atoms with Crippen molar-refractivity contribution < 1.29 is 19.4 Å². The minimum absolute atomic E-state index is 0.0157. The maximum absolute atomic E-state index is 11.7. The highest BCUT2D eigenvalue weighted by atomic mass is 32.2. The van der Waals surface area contributed by atoms with Crippen molar-refractivity contribution in [2.75, 3.05) is 12.3 Å². The van der Waals surface area contributed by atoms with Crippen molar-refractivity contribution in [3.63, 3.8) is 0 Å². The fourth-order valence-electron chi connectivity index (χ4n) is 3.88. The summed E-state index contributed by atoms with van der Waals surface area (Å²) in [5.74, 6) is 0.754. The molecule has 8 nitrogen and oxygen atoms in total. The third-order valence-electron chi connectivity index (χ3n) is 5.83. The first-order chi connectivity index (χ1) is 17.1. The molecule has 1 saturated heterocycles. The number of carbonyl (C=O) groups excluding carboxylic acids is 1. The quantitative estimate of drug-likeness (QED) is 0.387. The maximum atomic E-state index is 11.7. The van der Waals surface area contributed by atoms with Gasteiger partial charge < -0.3 is 29.8 Å². The molecule has 3 aromatic rings. The Balaban J connectivity index is 1.47. The summed E-state index contributed by atoms with van der Waals surface area (Å²) in [6.45, 7) is 2.93. The van der Waals surface area contributed by atoms with E-state index < -0.39 is 6.29 Å². The number of thioether (sulfide) groups is 1. The summed E-state index contributed by atoms with van der Waals surface area (Å²) in [6.07, 6.45) is 3.78.